The molecule has 0 atom stereocenters. The number of carbonyl (C=O) groups is 1. The summed E-state index contributed by atoms with van der Waals surface area (Å²) >= 11 is 0. The fourth-order valence-electron chi connectivity index (χ4n) is 1.49. The van der Waals surface area contributed by atoms with Crippen LogP contribution in [0, 0.1) is 0 Å². The summed E-state index contributed by atoms with van der Waals surface area (Å²) in [7, 11) is 0. The molecule has 1 aromatic rings. The lowest BCUT2D eigenvalue weighted by Gasteiger charge is -2.14. The van der Waals surface area contributed by atoms with Crippen molar-refractivity contribution in [2.45, 2.75) is 25.9 Å². The molecule has 0 saturated heterocycles. The van der Waals surface area contributed by atoms with Crippen molar-refractivity contribution >= 4 is 11.7 Å². The Morgan fingerprint density at radius 2 is 2.05 bits per heavy atom. The highest BCUT2D eigenvalue weighted by Gasteiger charge is 2.36. The van der Waals surface area contributed by atoms with E-state index in [0.717, 1.165) is 0 Å². The number of nitrogens with zero attached hydrogens (tertiary/aromatic N) is 1. The number of alkyl halides is 5. The number of hydrogen-bond acceptors (Lipinski definition) is 4. The summed E-state index contributed by atoms with van der Waals surface area (Å²) in [5.41, 5.74) is 1.15. The van der Waals surface area contributed by atoms with Crippen LogP contribution in [0.1, 0.15) is 30.3 Å². The topological polar surface area (TPSA) is 65.2 Å². The van der Waals surface area contributed by atoms with E-state index in [4.69, 9.17) is 5.73 Å². The molecular formula is C11H11F5N2O2. The zero-order valence-corrected chi connectivity index (χ0v) is 10.3. The van der Waals surface area contributed by atoms with E-state index in [1.165, 1.54) is 6.92 Å². The molecule has 1 heterocycles. The molecule has 112 valence electrons. The first-order chi connectivity index (χ1) is 9.16. The predicted molar refractivity (Wildman–Crippen MR) is 58.9 cm³/mol. The van der Waals surface area contributed by atoms with Crippen molar-refractivity contribution in [1.82, 2.24) is 4.98 Å². The minimum atomic E-state index is -4.89. The average Bonchev–Trinajstić information content (AvgIpc) is 2.29. The second-order valence-electron chi connectivity index (χ2n) is 3.74. The van der Waals surface area contributed by atoms with Crippen molar-refractivity contribution < 1.29 is 31.5 Å². The van der Waals surface area contributed by atoms with Crippen molar-refractivity contribution in [3.05, 3.63) is 23.0 Å². The molecule has 9 heteroatoms. The molecular weight excluding hydrogens is 287 g/mol. The summed E-state index contributed by atoms with van der Waals surface area (Å²) in [5.74, 6) is -0.945. The molecule has 0 fully saturated rings. The summed E-state index contributed by atoms with van der Waals surface area (Å²) in [4.78, 5) is 14.3. The van der Waals surface area contributed by atoms with Crippen LogP contribution in [0.3, 0.4) is 0 Å². The van der Waals surface area contributed by atoms with Gasteiger partial charge in [-0.05, 0) is 13.0 Å². The van der Waals surface area contributed by atoms with Crippen LogP contribution in [0.4, 0.5) is 27.6 Å². The SMILES string of the molecule is CCOC(=O)Cc1nc(C(F)(F)F)c(N)cc1C(F)F. The summed E-state index contributed by atoms with van der Waals surface area (Å²) in [6, 6.07) is 0.481. The van der Waals surface area contributed by atoms with Gasteiger partial charge in [0.25, 0.3) is 6.43 Å². The summed E-state index contributed by atoms with van der Waals surface area (Å²) in [6.45, 7) is 1.45. The number of nitrogen functional groups attached to an aromatic ring is 1. The van der Waals surface area contributed by atoms with Crippen LogP contribution in [0.2, 0.25) is 0 Å². The van der Waals surface area contributed by atoms with Crippen molar-refractivity contribution in [2.24, 2.45) is 0 Å². The summed E-state index contributed by atoms with van der Waals surface area (Å²) in [5, 5.41) is 0. The zero-order chi connectivity index (χ0) is 15.5. The molecule has 0 spiro atoms. The number of rotatable bonds is 4. The third-order valence-electron chi connectivity index (χ3n) is 2.29. The first-order valence-electron chi connectivity index (χ1n) is 5.47. The quantitative estimate of drug-likeness (QED) is 0.685. The maximum atomic E-state index is 12.7. The standard InChI is InChI=1S/C11H11F5N2O2/c1-2-20-8(19)4-7-5(10(12)13)3-6(17)9(18-7)11(14,15)16/h3,10H,2,4,17H2,1H3. The molecule has 1 aromatic heterocycles. The second-order valence-corrected chi connectivity index (χ2v) is 3.74. The van der Waals surface area contributed by atoms with Crippen LogP contribution in [-0.2, 0) is 22.1 Å². The number of anilines is 1. The highest BCUT2D eigenvalue weighted by Crippen LogP contribution is 2.35. The lowest BCUT2D eigenvalue weighted by Crippen LogP contribution is -2.17. The van der Waals surface area contributed by atoms with Gasteiger partial charge < -0.3 is 10.5 Å². The van der Waals surface area contributed by atoms with Gasteiger partial charge in [0.1, 0.15) is 0 Å². The van der Waals surface area contributed by atoms with Crippen LogP contribution >= 0.6 is 0 Å². The molecule has 0 bridgehead atoms. The Bertz CT molecular complexity index is 502. The number of pyridine rings is 1. The number of ether oxygens (including phenoxy) is 1. The molecule has 0 aliphatic heterocycles. The number of aromatic nitrogens is 1. The van der Waals surface area contributed by atoms with Crippen LogP contribution in [0.5, 0.6) is 0 Å². The Hall–Kier alpha value is -1.93. The van der Waals surface area contributed by atoms with E-state index in [1.807, 2.05) is 0 Å². The Labute approximate surface area is 110 Å². The van der Waals surface area contributed by atoms with E-state index < -0.39 is 47.6 Å². The average molecular weight is 298 g/mol. The van der Waals surface area contributed by atoms with E-state index in [2.05, 4.69) is 9.72 Å². The van der Waals surface area contributed by atoms with Crippen LogP contribution in [-0.4, -0.2) is 17.6 Å². The van der Waals surface area contributed by atoms with Gasteiger partial charge in [-0.25, -0.2) is 13.8 Å². The molecule has 0 aromatic carbocycles. The zero-order valence-electron chi connectivity index (χ0n) is 10.3. The molecule has 0 amide bonds. The smallest absolute Gasteiger partial charge is 0.435 e. The van der Waals surface area contributed by atoms with Crippen LogP contribution < -0.4 is 5.73 Å². The molecule has 0 unspecified atom stereocenters. The number of carbonyl (C=O) groups excluding carboxylic acids is 1. The van der Waals surface area contributed by atoms with E-state index in [-0.39, 0.29) is 6.61 Å². The van der Waals surface area contributed by atoms with Gasteiger partial charge in [0, 0.05) is 5.56 Å². The van der Waals surface area contributed by atoms with E-state index >= 15 is 0 Å². The van der Waals surface area contributed by atoms with E-state index in [0.29, 0.717) is 6.07 Å². The first-order valence-corrected chi connectivity index (χ1v) is 5.47. The van der Waals surface area contributed by atoms with Crippen molar-refractivity contribution in [3.63, 3.8) is 0 Å². The molecule has 0 aliphatic carbocycles. The predicted octanol–water partition coefficient (Wildman–Crippen LogP) is 2.73. The van der Waals surface area contributed by atoms with E-state index in [9.17, 15) is 26.7 Å². The normalized spacial score (nSPS) is 11.8. The summed E-state index contributed by atoms with van der Waals surface area (Å²) in [6.07, 6.45) is -8.78. The van der Waals surface area contributed by atoms with E-state index in [1.54, 1.807) is 0 Å². The second kappa shape index (κ2) is 6.02. The minimum absolute atomic E-state index is 0.0239. The maximum Gasteiger partial charge on any atom is 0.435 e. The molecule has 1 rings (SSSR count). The molecule has 2 N–H and O–H groups in total. The van der Waals surface area contributed by atoms with Gasteiger partial charge in [-0.1, -0.05) is 0 Å². The van der Waals surface area contributed by atoms with Gasteiger partial charge in [-0.3, -0.25) is 4.79 Å². The number of halogens is 5. The monoisotopic (exact) mass is 298 g/mol. The molecule has 20 heavy (non-hydrogen) atoms. The highest BCUT2D eigenvalue weighted by atomic mass is 19.4. The largest absolute Gasteiger partial charge is 0.466 e. The minimum Gasteiger partial charge on any atom is -0.466 e. The Morgan fingerprint density at radius 3 is 2.50 bits per heavy atom. The molecule has 0 radical (unpaired) electrons. The van der Waals surface area contributed by atoms with Gasteiger partial charge in [-0.2, -0.15) is 13.2 Å². The van der Waals surface area contributed by atoms with Crippen molar-refractivity contribution in [3.8, 4) is 0 Å². The number of esters is 1. The van der Waals surface area contributed by atoms with Crippen LogP contribution in [0.25, 0.3) is 0 Å². The van der Waals surface area contributed by atoms with Gasteiger partial charge in [0.05, 0.1) is 24.4 Å². The van der Waals surface area contributed by atoms with Gasteiger partial charge in [0.15, 0.2) is 5.69 Å². The maximum absolute atomic E-state index is 12.7. The summed E-state index contributed by atoms with van der Waals surface area (Å²) < 4.78 is 67.8. The van der Waals surface area contributed by atoms with Crippen LogP contribution in [0.15, 0.2) is 6.07 Å². The molecule has 0 aliphatic rings. The lowest BCUT2D eigenvalue weighted by molar-refractivity contribution is -0.143. The first kappa shape index (κ1) is 16.1. The third kappa shape index (κ3) is 3.78. The Kier molecular flexibility index (Phi) is 4.85. The molecule has 4 nitrogen and oxygen atoms in total. The van der Waals surface area contributed by atoms with Crippen molar-refractivity contribution in [1.29, 1.82) is 0 Å². The Morgan fingerprint density at radius 1 is 1.45 bits per heavy atom. The number of nitrogens with two attached hydrogens (primary N) is 1. The fraction of sp³-hybridized carbons (Fsp3) is 0.455. The van der Waals surface area contributed by atoms with Crippen molar-refractivity contribution in [2.75, 3.05) is 12.3 Å². The van der Waals surface area contributed by atoms with Gasteiger partial charge >= 0.3 is 12.1 Å². The number of hydrogen-bond donors (Lipinski definition) is 1. The highest BCUT2D eigenvalue weighted by molar-refractivity contribution is 5.72. The lowest BCUT2D eigenvalue weighted by atomic mass is 10.1. The third-order valence-corrected chi connectivity index (χ3v) is 2.29. The van der Waals surface area contributed by atoms with Gasteiger partial charge in [0.2, 0.25) is 0 Å². The van der Waals surface area contributed by atoms with Gasteiger partial charge in [-0.15, -0.1) is 0 Å². The fourth-order valence-corrected chi connectivity index (χ4v) is 1.49. The Balaban J connectivity index is 3.27. The molecule has 0 saturated carbocycles.